The number of benzene rings is 2. The molecule has 124 valence electrons. The molecule has 0 unspecified atom stereocenters. The van der Waals surface area contributed by atoms with Gasteiger partial charge in [-0.05, 0) is 36.2 Å². The van der Waals surface area contributed by atoms with Crippen LogP contribution in [0.2, 0.25) is 10.0 Å². The zero-order valence-electron chi connectivity index (χ0n) is 13.1. The van der Waals surface area contributed by atoms with E-state index in [9.17, 15) is 9.59 Å². The van der Waals surface area contributed by atoms with Crippen molar-refractivity contribution in [3.05, 3.63) is 63.1 Å². The predicted octanol–water partition coefficient (Wildman–Crippen LogP) is 4.61. The van der Waals surface area contributed by atoms with E-state index in [1.54, 1.807) is 35.2 Å². The summed E-state index contributed by atoms with van der Waals surface area (Å²) in [5.41, 5.74) is 2.12. The molecule has 1 N–H and O–H groups in total. The highest BCUT2D eigenvalue weighted by Gasteiger charge is 2.31. The minimum atomic E-state index is -0.372. The molecule has 2 amide bonds. The van der Waals surface area contributed by atoms with Crippen LogP contribution in [-0.2, 0) is 6.54 Å². The number of hydrogen-bond acceptors (Lipinski definition) is 2. The lowest BCUT2D eigenvalue weighted by Gasteiger charge is -2.14. The van der Waals surface area contributed by atoms with Gasteiger partial charge < -0.3 is 10.2 Å². The first-order valence-electron chi connectivity index (χ1n) is 7.68. The van der Waals surface area contributed by atoms with Crippen molar-refractivity contribution in [3.63, 3.8) is 0 Å². The van der Waals surface area contributed by atoms with Gasteiger partial charge in [0.25, 0.3) is 11.8 Å². The summed E-state index contributed by atoms with van der Waals surface area (Å²) in [5, 5.41) is 3.60. The average Bonchev–Trinajstić information content (AvgIpc) is 2.87. The van der Waals surface area contributed by atoms with E-state index in [0.29, 0.717) is 39.9 Å². The Hall–Kier alpha value is -2.04. The largest absolute Gasteiger partial charge is 0.334 e. The van der Waals surface area contributed by atoms with Gasteiger partial charge in [0.05, 0.1) is 21.8 Å². The Labute approximate surface area is 150 Å². The first-order valence-corrected chi connectivity index (χ1v) is 8.44. The molecular weight excluding hydrogens is 347 g/mol. The number of carbonyl (C=O) groups excluding carboxylic acids is 2. The van der Waals surface area contributed by atoms with Crippen LogP contribution in [0.25, 0.3) is 0 Å². The number of anilines is 1. The molecule has 0 aliphatic carbocycles. The number of nitrogens with one attached hydrogen (secondary N) is 1. The lowest BCUT2D eigenvalue weighted by Crippen LogP contribution is -2.26. The van der Waals surface area contributed by atoms with Crippen LogP contribution in [0.5, 0.6) is 0 Å². The third-order valence-electron chi connectivity index (χ3n) is 3.93. The molecular formula is C18H16Cl2N2O2. The van der Waals surface area contributed by atoms with Gasteiger partial charge in [0.1, 0.15) is 0 Å². The monoisotopic (exact) mass is 362 g/mol. The smallest absolute Gasteiger partial charge is 0.256 e. The van der Waals surface area contributed by atoms with E-state index in [-0.39, 0.29) is 11.8 Å². The van der Waals surface area contributed by atoms with E-state index in [0.717, 1.165) is 12.0 Å². The molecule has 6 heteroatoms. The highest BCUT2D eigenvalue weighted by atomic mass is 35.5. The third kappa shape index (κ3) is 3.12. The van der Waals surface area contributed by atoms with Gasteiger partial charge in [-0.25, -0.2) is 0 Å². The van der Waals surface area contributed by atoms with Crippen LogP contribution in [0.4, 0.5) is 5.69 Å². The molecule has 0 bridgehead atoms. The number of fused-ring (bicyclic) bond motifs is 1. The molecule has 0 spiro atoms. The molecule has 2 aromatic rings. The molecule has 3 rings (SSSR count). The van der Waals surface area contributed by atoms with Gasteiger partial charge in [-0.15, -0.1) is 0 Å². The Morgan fingerprint density at radius 2 is 2.04 bits per heavy atom. The van der Waals surface area contributed by atoms with Crippen LogP contribution in [0.3, 0.4) is 0 Å². The molecule has 0 atom stereocenters. The van der Waals surface area contributed by atoms with Crippen LogP contribution >= 0.6 is 23.2 Å². The second kappa shape index (κ2) is 6.83. The van der Waals surface area contributed by atoms with Crippen LogP contribution in [-0.4, -0.2) is 23.3 Å². The third-order valence-corrected chi connectivity index (χ3v) is 4.49. The van der Waals surface area contributed by atoms with Gasteiger partial charge in [0, 0.05) is 18.1 Å². The Morgan fingerprint density at radius 3 is 2.79 bits per heavy atom. The zero-order chi connectivity index (χ0) is 17.3. The Kier molecular flexibility index (Phi) is 4.78. The molecule has 0 radical (unpaired) electrons. The molecule has 4 nitrogen and oxygen atoms in total. The van der Waals surface area contributed by atoms with Gasteiger partial charge in [0.15, 0.2) is 0 Å². The molecule has 1 aliphatic heterocycles. The lowest BCUT2D eigenvalue weighted by atomic mass is 10.0. The molecule has 0 aromatic heterocycles. The molecule has 24 heavy (non-hydrogen) atoms. The van der Waals surface area contributed by atoms with Gasteiger partial charge in [-0.3, -0.25) is 9.59 Å². The lowest BCUT2D eigenvalue weighted by molar-refractivity contribution is 0.0774. The van der Waals surface area contributed by atoms with Gasteiger partial charge in [0.2, 0.25) is 0 Å². The second-order valence-electron chi connectivity index (χ2n) is 5.64. The summed E-state index contributed by atoms with van der Waals surface area (Å²) in [7, 11) is 0. The summed E-state index contributed by atoms with van der Waals surface area (Å²) < 4.78 is 0. The van der Waals surface area contributed by atoms with Gasteiger partial charge >= 0.3 is 0 Å². The molecule has 1 heterocycles. The van der Waals surface area contributed by atoms with E-state index in [1.807, 2.05) is 13.0 Å². The van der Waals surface area contributed by atoms with Crippen LogP contribution < -0.4 is 5.32 Å². The Morgan fingerprint density at radius 1 is 1.25 bits per heavy atom. The number of amides is 2. The predicted molar refractivity (Wildman–Crippen MR) is 95.9 cm³/mol. The summed E-state index contributed by atoms with van der Waals surface area (Å²) in [5.74, 6) is -0.475. The van der Waals surface area contributed by atoms with E-state index in [4.69, 9.17) is 23.2 Å². The summed E-state index contributed by atoms with van der Waals surface area (Å²) in [6.07, 6.45) is 0.874. The van der Waals surface area contributed by atoms with Crippen molar-refractivity contribution in [2.75, 3.05) is 11.9 Å². The maximum Gasteiger partial charge on any atom is 0.256 e. The Bertz CT molecular complexity index is 821. The maximum atomic E-state index is 12.7. The summed E-state index contributed by atoms with van der Waals surface area (Å²) in [6.45, 7) is 3.24. The molecule has 0 saturated carbocycles. The first kappa shape index (κ1) is 16.8. The standard InChI is InChI=1S/C18H16Cl2N2O2/c1-2-8-22-10-11-4-3-5-13(16(11)18(22)24)17(23)21-15-9-12(19)6-7-14(15)20/h3-7,9H,2,8,10H2,1H3,(H,21,23). The van der Waals surface area contributed by atoms with Gasteiger partial charge in [-0.1, -0.05) is 42.3 Å². The van der Waals surface area contributed by atoms with Crippen LogP contribution in [0.1, 0.15) is 39.6 Å². The number of hydrogen-bond donors (Lipinski definition) is 1. The normalized spacial score (nSPS) is 13.1. The van der Waals surface area contributed by atoms with Crippen molar-refractivity contribution in [2.45, 2.75) is 19.9 Å². The molecule has 0 fully saturated rings. The minimum absolute atomic E-state index is 0.102. The summed E-state index contributed by atoms with van der Waals surface area (Å²) >= 11 is 12.0. The van der Waals surface area contributed by atoms with Crippen molar-refractivity contribution in [3.8, 4) is 0 Å². The number of halogens is 2. The number of carbonyl (C=O) groups is 2. The quantitative estimate of drug-likeness (QED) is 0.862. The summed E-state index contributed by atoms with van der Waals surface area (Å²) in [4.78, 5) is 27.0. The minimum Gasteiger partial charge on any atom is -0.334 e. The van der Waals surface area contributed by atoms with Crippen molar-refractivity contribution < 1.29 is 9.59 Å². The van der Waals surface area contributed by atoms with Crippen molar-refractivity contribution in [1.82, 2.24) is 4.90 Å². The van der Waals surface area contributed by atoms with Crippen molar-refractivity contribution in [1.29, 1.82) is 0 Å². The van der Waals surface area contributed by atoms with E-state index < -0.39 is 0 Å². The highest BCUT2D eigenvalue weighted by Crippen LogP contribution is 2.29. The van der Waals surface area contributed by atoms with E-state index in [1.165, 1.54) is 0 Å². The highest BCUT2D eigenvalue weighted by molar-refractivity contribution is 6.36. The molecule has 2 aromatic carbocycles. The first-order chi connectivity index (χ1) is 11.5. The summed E-state index contributed by atoms with van der Waals surface area (Å²) in [6, 6.07) is 10.2. The van der Waals surface area contributed by atoms with Crippen molar-refractivity contribution >= 4 is 40.7 Å². The van der Waals surface area contributed by atoms with Crippen LogP contribution in [0, 0.1) is 0 Å². The number of rotatable bonds is 4. The second-order valence-corrected chi connectivity index (χ2v) is 6.49. The fraction of sp³-hybridized carbons (Fsp3) is 0.222. The SMILES string of the molecule is CCCN1Cc2cccc(C(=O)Nc3cc(Cl)ccc3Cl)c2C1=O. The van der Waals surface area contributed by atoms with Gasteiger partial charge in [-0.2, -0.15) is 0 Å². The Balaban J connectivity index is 1.92. The molecule has 1 aliphatic rings. The fourth-order valence-electron chi connectivity index (χ4n) is 2.84. The molecule has 0 saturated heterocycles. The zero-order valence-corrected chi connectivity index (χ0v) is 14.6. The fourth-order valence-corrected chi connectivity index (χ4v) is 3.18. The van der Waals surface area contributed by atoms with Crippen molar-refractivity contribution in [2.24, 2.45) is 0 Å². The number of nitrogens with zero attached hydrogens (tertiary/aromatic N) is 1. The van der Waals surface area contributed by atoms with Crippen LogP contribution in [0.15, 0.2) is 36.4 Å². The topological polar surface area (TPSA) is 49.4 Å². The average molecular weight is 363 g/mol. The van der Waals surface area contributed by atoms with E-state index >= 15 is 0 Å². The maximum absolute atomic E-state index is 12.7. The van der Waals surface area contributed by atoms with E-state index in [2.05, 4.69) is 5.32 Å².